The summed E-state index contributed by atoms with van der Waals surface area (Å²) in [5, 5.41) is 3.95. The van der Waals surface area contributed by atoms with Crippen molar-refractivity contribution in [2.45, 2.75) is 31.9 Å². The van der Waals surface area contributed by atoms with Crippen molar-refractivity contribution < 1.29 is 18.5 Å². The van der Waals surface area contributed by atoms with E-state index in [0.717, 1.165) is 27.9 Å². The monoisotopic (exact) mass is 468 g/mol. The standard InChI is InChI=1S/C24H29N5O3S/c1-17(27-22(9-12-25)21-8-5-13-26-21)23-16-18-6-3-4-7-20(18)24(28-23)32-19-10-14-29(15-11-19)33(2,30)31/h3-9,12-13,16-17,19,26H,10-11,14-15,25H2,1-2H3/p+1. The highest BCUT2D eigenvalue weighted by Gasteiger charge is 2.27. The predicted molar refractivity (Wildman–Crippen MR) is 130 cm³/mol. The summed E-state index contributed by atoms with van der Waals surface area (Å²) < 4.78 is 31.5. The number of fused-ring (bicyclic) bond motifs is 1. The number of ether oxygens (including phenoxy) is 1. The molecule has 2 aliphatic heterocycles. The molecule has 9 heteroatoms. The molecule has 4 rings (SSSR count). The smallest absolute Gasteiger partial charge is 0.221 e. The van der Waals surface area contributed by atoms with Crippen molar-refractivity contribution in [1.82, 2.24) is 9.29 Å². The Morgan fingerprint density at radius 1 is 1.33 bits per heavy atom. The molecule has 2 aromatic rings. The van der Waals surface area contributed by atoms with Gasteiger partial charge in [-0.3, -0.25) is 10.3 Å². The lowest BCUT2D eigenvalue weighted by Crippen LogP contribution is -2.75. The van der Waals surface area contributed by atoms with E-state index in [1.54, 1.807) is 6.08 Å². The SMILES string of the molecule is CC(N=C(C=CN)C1=CC=C[NH2+]1)c1cc2ccccc2c(OC2CCN(S(C)(=O)=O)CC2)n1. The van der Waals surface area contributed by atoms with Crippen LogP contribution in [0.25, 0.3) is 10.8 Å². The molecule has 0 spiro atoms. The van der Waals surface area contributed by atoms with Gasteiger partial charge in [0.1, 0.15) is 11.8 Å². The number of hydrogen-bond donors (Lipinski definition) is 2. The van der Waals surface area contributed by atoms with Crippen LogP contribution in [0.3, 0.4) is 0 Å². The lowest BCUT2D eigenvalue weighted by atomic mass is 10.1. The molecular weight excluding hydrogens is 438 g/mol. The highest BCUT2D eigenvalue weighted by molar-refractivity contribution is 7.88. The number of piperidine rings is 1. The molecule has 33 heavy (non-hydrogen) atoms. The molecule has 1 aromatic carbocycles. The first-order chi connectivity index (χ1) is 15.8. The maximum Gasteiger partial charge on any atom is 0.221 e. The molecule has 3 heterocycles. The molecule has 0 saturated carbocycles. The van der Waals surface area contributed by atoms with Gasteiger partial charge >= 0.3 is 0 Å². The van der Waals surface area contributed by atoms with Crippen LogP contribution in [-0.2, 0) is 10.0 Å². The highest BCUT2D eigenvalue weighted by atomic mass is 32.2. The molecule has 1 aromatic heterocycles. The number of quaternary nitrogens is 1. The summed E-state index contributed by atoms with van der Waals surface area (Å²) in [5.41, 5.74) is 8.24. The average molecular weight is 469 g/mol. The summed E-state index contributed by atoms with van der Waals surface area (Å²) in [6.45, 7) is 2.91. The van der Waals surface area contributed by atoms with Gasteiger partial charge in [0.05, 0.1) is 24.2 Å². The van der Waals surface area contributed by atoms with Crippen molar-refractivity contribution in [3.63, 3.8) is 0 Å². The van der Waals surface area contributed by atoms with Gasteiger partial charge < -0.3 is 10.5 Å². The van der Waals surface area contributed by atoms with Gasteiger partial charge in [-0.1, -0.05) is 18.2 Å². The average Bonchev–Trinajstić information content (AvgIpc) is 3.33. The molecule has 1 atom stereocenters. The van der Waals surface area contributed by atoms with E-state index in [2.05, 4.69) is 0 Å². The van der Waals surface area contributed by atoms with Crippen LogP contribution in [0.1, 0.15) is 31.5 Å². The van der Waals surface area contributed by atoms with Gasteiger partial charge in [0.15, 0.2) is 5.70 Å². The molecular formula is C24H30N5O3S+. The van der Waals surface area contributed by atoms with E-state index in [0.29, 0.717) is 31.8 Å². The van der Waals surface area contributed by atoms with E-state index in [-0.39, 0.29) is 12.1 Å². The molecule has 1 fully saturated rings. The zero-order valence-electron chi connectivity index (χ0n) is 18.9. The van der Waals surface area contributed by atoms with E-state index < -0.39 is 10.0 Å². The minimum atomic E-state index is -3.18. The second-order valence-corrected chi connectivity index (χ2v) is 10.3. The van der Waals surface area contributed by atoms with E-state index >= 15 is 0 Å². The Hall–Kier alpha value is -3.01. The molecule has 1 unspecified atom stereocenters. The Labute approximate surface area is 194 Å². The van der Waals surface area contributed by atoms with E-state index in [1.165, 1.54) is 16.8 Å². The van der Waals surface area contributed by atoms with Gasteiger partial charge in [-0.05, 0) is 55.6 Å². The molecule has 4 N–H and O–H groups in total. The molecule has 2 aliphatic rings. The molecule has 0 amide bonds. The molecule has 8 nitrogen and oxygen atoms in total. The summed E-state index contributed by atoms with van der Waals surface area (Å²) in [6, 6.07) is 9.80. The Morgan fingerprint density at radius 2 is 2.09 bits per heavy atom. The summed E-state index contributed by atoms with van der Waals surface area (Å²) in [7, 11) is -3.18. The first kappa shape index (κ1) is 23.2. The highest BCUT2D eigenvalue weighted by Crippen LogP contribution is 2.30. The maximum atomic E-state index is 11.8. The van der Waals surface area contributed by atoms with Gasteiger partial charge in [-0.15, -0.1) is 0 Å². The van der Waals surface area contributed by atoms with Crippen molar-refractivity contribution in [1.29, 1.82) is 0 Å². The fourth-order valence-electron chi connectivity index (χ4n) is 4.05. The predicted octanol–water partition coefficient (Wildman–Crippen LogP) is 1.99. The van der Waals surface area contributed by atoms with Crippen LogP contribution in [0.2, 0.25) is 0 Å². The first-order valence-corrected chi connectivity index (χ1v) is 12.9. The number of nitrogens with two attached hydrogens (primary N) is 2. The number of rotatable bonds is 7. The second kappa shape index (κ2) is 9.86. The topological polar surface area (TPSA) is 114 Å². The lowest BCUT2D eigenvalue weighted by molar-refractivity contribution is -0.521. The van der Waals surface area contributed by atoms with Gasteiger partial charge in [0, 0.05) is 24.6 Å². The van der Waals surface area contributed by atoms with Gasteiger partial charge in [0.25, 0.3) is 0 Å². The van der Waals surface area contributed by atoms with Crippen molar-refractivity contribution in [3.05, 3.63) is 72.4 Å². The third-order valence-corrected chi connectivity index (χ3v) is 7.15. The molecule has 1 saturated heterocycles. The molecule has 0 aliphatic carbocycles. The van der Waals surface area contributed by atoms with Crippen LogP contribution in [0.15, 0.2) is 71.6 Å². The van der Waals surface area contributed by atoms with Crippen molar-refractivity contribution in [2.24, 2.45) is 10.7 Å². The van der Waals surface area contributed by atoms with Crippen molar-refractivity contribution in [3.8, 4) is 5.88 Å². The second-order valence-electron chi connectivity index (χ2n) is 8.28. The number of aromatic nitrogens is 1. The number of allylic oxidation sites excluding steroid dienone is 3. The van der Waals surface area contributed by atoms with Gasteiger partial charge in [-0.2, -0.15) is 0 Å². The number of nitrogens with zero attached hydrogens (tertiary/aromatic N) is 3. The maximum absolute atomic E-state index is 11.8. The third-order valence-electron chi connectivity index (χ3n) is 5.85. The minimum absolute atomic E-state index is 0.0898. The summed E-state index contributed by atoms with van der Waals surface area (Å²) >= 11 is 0. The summed E-state index contributed by atoms with van der Waals surface area (Å²) in [5.74, 6) is 0.562. The van der Waals surface area contributed by atoms with Crippen LogP contribution in [0.5, 0.6) is 5.88 Å². The normalized spacial score (nSPS) is 19.3. The molecule has 0 radical (unpaired) electrons. The molecule has 0 bridgehead atoms. The Morgan fingerprint density at radius 3 is 2.76 bits per heavy atom. The van der Waals surface area contributed by atoms with E-state index in [4.69, 9.17) is 20.4 Å². The van der Waals surface area contributed by atoms with Crippen LogP contribution < -0.4 is 15.8 Å². The number of sulfonamides is 1. The van der Waals surface area contributed by atoms with Gasteiger partial charge in [0.2, 0.25) is 15.9 Å². The summed E-state index contributed by atoms with van der Waals surface area (Å²) in [6.07, 6.45) is 11.6. The Bertz CT molecular complexity index is 1240. The minimum Gasteiger partial charge on any atom is -0.474 e. The number of pyridine rings is 1. The lowest BCUT2D eigenvalue weighted by Gasteiger charge is -2.30. The van der Waals surface area contributed by atoms with Crippen LogP contribution in [0.4, 0.5) is 0 Å². The first-order valence-electron chi connectivity index (χ1n) is 11.0. The molecule has 174 valence electrons. The number of benzene rings is 1. The zero-order chi connectivity index (χ0) is 23.4. The number of hydrogen-bond acceptors (Lipinski definition) is 6. The Balaban J connectivity index is 1.61. The Kier molecular flexibility index (Phi) is 6.92. The third kappa shape index (κ3) is 5.50. The van der Waals surface area contributed by atoms with Gasteiger partial charge in [-0.25, -0.2) is 17.7 Å². The quantitative estimate of drug-likeness (QED) is 0.603. The van der Waals surface area contributed by atoms with Crippen LogP contribution in [-0.4, -0.2) is 48.9 Å². The fourth-order valence-corrected chi connectivity index (χ4v) is 4.93. The van der Waals surface area contributed by atoms with Crippen molar-refractivity contribution >= 4 is 26.5 Å². The zero-order valence-corrected chi connectivity index (χ0v) is 19.7. The van der Waals surface area contributed by atoms with Crippen molar-refractivity contribution in [2.75, 3.05) is 19.3 Å². The van der Waals surface area contributed by atoms with Crippen LogP contribution >= 0.6 is 0 Å². The number of aliphatic imine (C=N–C) groups is 1. The largest absolute Gasteiger partial charge is 0.474 e. The van der Waals surface area contributed by atoms with Crippen LogP contribution in [0, 0.1) is 0 Å². The fraction of sp³-hybridized carbons (Fsp3) is 0.333. The van der Waals surface area contributed by atoms with E-state index in [1.807, 2.05) is 60.9 Å². The van der Waals surface area contributed by atoms with E-state index in [9.17, 15) is 8.42 Å². The summed E-state index contributed by atoms with van der Waals surface area (Å²) in [4.78, 5) is 9.71.